The fourth-order valence-electron chi connectivity index (χ4n) is 3.06. The number of thiazole rings is 1. The number of para-hydroxylation sites is 1. The molecule has 0 spiro atoms. The average molecular weight is 450 g/mol. The van der Waals surface area contributed by atoms with Gasteiger partial charge in [-0.1, -0.05) is 29.8 Å². The number of nitrogens with one attached hydrogen (secondary N) is 1. The number of aromatic nitrogens is 4. The van der Waals surface area contributed by atoms with Gasteiger partial charge in [0.1, 0.15) is 10.2 Å². The van der Waals surface area contributed by atoms with E-state index in [1.807, 2.05) is 61.7 Å². The van der Waals surface area contributed by atoms with Crippen LogP contribution in [0.25, 0.3) is 23.0 Å². The lowest BCUT2D eigenvalue weighted by atomic mass is 10.2. The van der Waals surface area contributed by atoms with Crippen molar-refractivity contribution in [2.45, 2.75) is 19.9 Å². The van der Waals surface area contributed by atoms with Crippen molar-refractivity contribution in [3.8, 4) is 16.9 Å². The van der Waals surface area contributed by atoms with E-state index in [2.05, 4.69) is 20.4 Å². The lowest BCUT2D eigenvalue weighted by molar-refractivity contribution is -0.117. The molecule has 0 aliphatic heterocycles. The molecule has 8 heteroatoms. The van der Waals surface area contributed by atoms with E-state index in [0.717, 1.165) is 27.6 Å². The molecule has 31 heavy (non-hydrogen) atoms. The number of halogens is 1. The summed E-state index contributed by atoms with van der Waals surface area (Å²) in [6, 6.07) is 13.2. The van der Waals surface area contributed by atoms with E-state index in [-0.39, 0.29) is 11.9 Å². The molecule has 0 aliphatic carbocycles. The van der Waals surface area contributed by atoms with E-state index in [1.165, 1.54) is 17.4 Å². The van der Waals surface area contributed by atoms with Gasteiger partial charge < -0.3 is 5.32 Å². The summed E-state index contributed by atoms with van der Waals surface area (Å²) < 4.78 is 1.66. The van der Waals surface area contributed by atoms with Crippen molar-refractivity contribution in [3.63, 3.8) is 0 Å². The Labute approximate surface area is 189 Å². The first-order valence-corrected chi connectivity index (χ1v) is 10.9. The van der Waals surface area contributed by atoms with E-state index in [1.54, 1.807) is 23.2 Å². The quantitative estimate of drug-likeness (QED) is 0.408. The van der Waals surface area contributed by atoms with Crippen LogP contribution in [0.5, 0.6) is 0 Å². The molecule has 156 valence electrons. The highest BCUT2D eigenvalue weighted by Gasteiger charge is 2.15. The fourth-order valence-corrected chi connectivity index (χ4v) is 4.23. The normalized spacial score (nSPS) is 12.2. The molecule has 0 fully saturated rings. The van der Waals surface area contributed by atoms with Crippen LogP contribution in [0.4, 0.5) is 0 Å². The summed E-state index contributed by atoms with van der Waals surface area (Å²) in [4.78, 5) is 21.2. The topological polar surface area (TPSA) is 72.7 Å². The molecule has 4 rings (SSSR count). The average Bonchev–Trinajstić information content (AvgIpc) is 3.39. The van der Waals surface area contributed by atoms with Crippen molar-refractivity contribution in [3.05, 3.63) is 87.7 Å². The van der Waals surface area contributed by atoms with Gasteiger partial charge in [-0.05, 0) is 44.2 Å². The van der Waals surface area contributed by atoms with E-state index in [9.17, 15) is 4.79 Å². The molecular weight excluding hydrogens is 430 g/mol. The Balaban J connectivity index is 1.45. The smallest absolute Gasteiger partial charge is 0.244 e. The Bertz CT molecular complexity index is 1220. The maximum atomic E-state index is 12.5. The number of rotatable bonds is 6. The Hall–Kier alpha value is -3.29. The summed E-state index contributed by atoms with van der Waals surface area (Å²) in [7, 11) is 0. The van der Waals surface area contributed by atoms with Crippen LogP contribution in [-0.4, -0.2) is 25.7 Å². The second-order valence-corrected chi connectivity index (χ2v) is 8.16. The van der Waals surface area contributed by atoms with Gasteiger partial charge in [0.2, 0.25) is 5.91 Å². The van der Waals surface area contributed by atoms with Crippen LogP contribution in [0, 0.1) is 6.92 Å². The van der Waals surface area contributed by atoms with Gasteiger partial charge in [0.15, 0.2) is 0 Å². The molecule has 3 heterocycles. The van der Waals surface area contributed by atoms with Gasteiger partial charge in [-0.15, -0.1) is 11.3 Å². The fraction of sp³-hybridized carbons (Fsp3) is 0.130. The molecule has 0 saturated heterocycles. The van der Waals surface area contributed by atoms with Crippen molar-refractivity contribution in [2.75, 3.05) is 0 Å². The molecule has 1 aromatic carbocycles. The van der Waals surface area contributed by atoms with Crippen molar-refractivity contribution >= 4 is 34.9 Å². The first kappa shape index (κ1) is 21.0. The molecule has 1 atom stereocenters. The van der Waals surface area contributed by atoms with E-state index < -0.39 is 0 Å². The van der Waals surface area contributed by atoms with Gasteiger partial charge >= 0.3 is 0 Å². The lowest BCUT2D eigenvalue weighted by Gasteiger charge is -2.09. The van der Waals surface area contributed by atoms with Gasteiger partial charge in [-0.3, -0.25) is 9.78 Å². The van der Waals surface area contributed by atoms with Crippen molar-refractivity contribution < 1.29 is 4.79 Å². The summed E-state index contributed by atoms with van der Waals surface area (Å²) in [5.74, 6) is -0.228. The molecule has 1 amide bonds. The minimum atomic E-state index is -0.228. The molecule has 1 N–H and O–H groups in total. The molecule has 0 aliphatic rings. The minimum Gasteiger partial charge on any atom is -0.344 e. The Morgan fingerprint density at radius 1 is 1.23 bits per heavy atom. The van der Waals surface area contributed by atoms with Crippen LogP contribution in [0.3, 0.4) is 0 Å². The zero-order valence-electron chi connectivity index (χ0n) is 17.0. The maximum Gasteiger partial charge on any atom is 0.244 e. The number of nitrogens with zero attached hydrogens (tertiary/aromatic N) is 4. The van der Waals surface area contributed by atoms with Crippen LogP contribution in [0.15, 0.2) is 66.3 Å². The minimum absolute atomic E-state index is 0.226. The first-order chi connectivity index (χ1) is 15.0. The monoisotopic (exact) mass is 449 g/mol. The Morgan fingerprint density at radius 2 is 2.03 bits per heavy atom. The second kappa shape index (κ2) is 9.24. The summed E-state index contributed by atoms with van der Waals surface area (Å²) in [6.07, 6.45) is 6.66. The Morgan fingerprint density at radius 3 is 2.77 bits per heavy atom. The molecule has 0 saturated carbocycles. The molecule has 3 aromatic heterocycles. The van der Waals surface area contributed by atoms with Crippen LogP contribution in [0.2, 0.25) is 5.15 Å². The maximum absolute atomic E-state index is 12.5. The summed E-state index contributed by atoms with van der Waals surface area (Å²) >= 11 is 8.02. The second-order valence-electron chi connectivity index (χ2n) is 6.91. The molecule has 0 radical (unpaired) electrons. The highest BCUT2D eigenvalue weighted by molar-refractivity contribution is 7.10. The summed E-state index contributed by atoms with van der Waals surface area (Å²) in [6.45, 7) is 3.77. The van der Waals surface area contributed by atoms with Crippen molar-refractivity contribution in [1.29, 1.82) is 0 Å². The third-order valence-electron chi connectivity index (χ3n) is 4.66. The number of hydrogen-bond acceptors (Lipinski definition) is 5. The van der Waals surface area contributed by atoms with Crippen LogP contribution < -0.4 is 5.32 Å². The zero-order valence-corrected chi connectivity index (χ0v) is 18.6. The molecule has 1 unspecified atom stereocenters. The number of hydrogen-bond donors (Lipinski definition) is 1. The van der Waals surface area contributed by atoms with Gasteiger partial charge in [0, 0.05) is 35.0 Å². The summed E-state index contributed by atoms with van der Waals surface area (Å²) in [5, 5.41) is 10.7. The van der Waals surface area contributed by atoms with Gasteiger partial charge in [0.25, 0.3) is 0 Å². The number of benzene rings is 1. The van der Waals surface area contributed by atoms with E-state index in [0.29, 0.717) is 10.7 Å². The predicted molar refractivity (Wildman–Crippen MR) is 124 cm³/mol. The van der Waals surface area contributed by atoms with E-state index >= 15 is 0 Å². The number of carbonyl (C=O) groups is 1. The Kier molecular flexibility index (Phi) is 6.25. The SMILES string of the molecule is Cc1nn(-c2ccccc2)c(Cl)c1C=CC(=O)NC(C)c1nc(-c2cccnc2)cs1. The molecule has 6 nitrogen and oxygen atoms in total. The highest BCUT2D eigenvalue weighted by Crippen LogP contribution is 2.26. The highest BCUT2D eigenvalue weighted by atomic mass is 35.5. The van der Waals surface area contributed by atoms with Crippen LogP contribution in [0.1, 0.15) is 29.2 Å². The van der Waals surface area contributed by atoms with Crippen molar-refractivity contribution in [2.24, 2.45) is 0 Å². The van der Waals surface area contributed by atoms with Crippen LogP contribution in [-0.2, 0) is 4.79 Å². The number of amides is 1. The van der Waals surface area contributed by atoms with E-state index in [4.69, 9.17) is 11.6 Å². The van der Waals surface area contributed by atoms with Gasteiger partial charge in [0.05, 0.1) is 23.1 Å². The number of carbonyl (C=O) groups excluding carboxylic acids is 1. The largest absolute Gasteiger partial charge is 0.344 e. The number of pyridine rings is 1. The first-order valence-electron chi connectivity index (χ1n) is 9.68. The van der Waals surface area contributed by atoms with Crippen molar-refractivity contribution in [1.82, 2.24) is 25.1 Å². The third-order valence-corrected chi connectivity index (χ3v) is 6.05. The lowest BCUT2D eigenvalue weighted by Crippen LogP contribution is -2.24. The zero-order chi connectivity index (χ0) is 21.8. The molecule has 0 bridgehead atoms. The third kappa shape index (κ3) is 4.73. The summed E-state index contributed by atoms with van der Waals surface area (Å²) in [5.41, 5.74) is 4.11. The van der Waals surface area contributed by atoms with Crippen LogP contribution >= 0.6 is 22.9 Å². The molecular formula is C23H20ClN5OS. The molecule has 4 aromatic rings. The van der Waals surface area contributed by atoms with Gasteiger partial charge in [-0.25, -0.2) is 9.67 Å². The van der Waals surface area contributed by atoms with Gasteiger partial charge in [-0.2, -0.15) is 5.10 Å². The number of aryl methyl sites for hydroxylation is 1. The predicted octanol–water partition coefficient (Wildman–Crippen LogP) is 5.24. The standard InChI is InChI=1S/C23H20ClN5OS/c1-15-19(22(24)29(28-15)18-8-4-3-5-9-18)10-11-21(30)26-16(2)23-27-20(14-31-23)17-7-6-12-25-13-17/h3-14,16H,1-2H3,(H,26,30).